The first-order chi connectivity index (χ1) is 12.6. The van der Waals surface area contributed by atoms with E-state index in [0.717, 1.165) is 18.7 Å². The zero-order valence-corrected chi connectivity index (χ0v) is 14.5. The molecule has 0 bridgehead atoms. The molecule has 3 rings (SSSR count). The molecule has 1 aromatic carbocycles. The third-order valence-electron chi connectivity index (χ3n) is 4.50. The normalized spacial score (nSPS) is 14.3. The van der Waals surface area contributed by atoms with Crippen LogP contribution >= 0.6 is 0 Å². The van der Waals surface area contributed by atoms with E-state index in [1.165, 1.54) is 32.1 Å². The third-order valence-corrected chi connectivity index (χ3v) is 4.50. The Labute approximate surface area is 150 Å². The zero-order valence-electron chi connectivity index (χ0n) is 14.5. The number of carboxylic acids is 1. The standard InChI is InChI=1S/C18H21N3O5/c1-25-12-6-7-14(13(10-12)18(23)24)19-15(22)8-9-16-20-17(21-26-16)11-4-2-3-5-11/h6-7,10-11H,2-5,8-9H2,1H3,(H,19,22)(H,23,24). The molecule has 0 aliphatic heterocycles. The van der Waals surface area contributed by atoms with Gasteiger partial charge in [-0.15, -0.1) is 0 Å². The van der Waals surface area contributed by atoms with Crippen molar-refractivity contribution < 1.29 is 24.0 Å². The Kier molecular flexibility index (Phi) is 5.50. The number of hydrogen-bond donors (Lipinski definition) is 2. The number of benzene rings is 1. The van der Waals surface area contributed by atoms with E-state index in [-0.39, 0.29) is 23.6 Å². The number of nitrogens with zero attached hydrogens (tertiary/aromatic N) is 2. The van der Waals surface area contributed by atoms with Crippen LogP contribution in [0.25, 0.3) is 0 Å². The smallest absolute Gasteiger partial charge is 0.337 e. The maximum atomic E-state index is 12.2. The van der Waals surface area contributed by atoms with Gasteiger partial charge in [0, 0.05) is 18.8 Å². The summed E-state index contributed by atoms with van der Waals surface area (Å²) in [6.07, 6.45) is 4.96. The number of carboxylic acid groups (broad SMARTS) is 1. The first-order valence-corrected chi connectivity index (χ1v) is 8.60. The molecule has 26 heavy (non-hydrogen) atoms. The number of rotatable bonds is 7. The molecule has 0 unspecified atom stereocenters. The Hall–Kier alpha value is -2.90. The van der Waals surface area contributed by atoms with Crippen LogP contribution in [-0.2, 0) is 11.2 Å². The highest BCUT2D eigenvalue weighted by atomic mass is 16.5. The molecule has 8 heteroatoms. The summed E-state index contributed by atoms with van der Waals surface area (Å²) in [6, 6.07) is 4.46. The van der Waals surface area contributed by atoms with Crippen molar-refractivity contribution >= 4 is 17.6 Å². The highest BCUT2D eigenvalue weighted by Crippen LogP contribution is 2.32. The topological polar surface area (TPSA) is 115 Å². The number of methoxy groups -OCH3 is 1. The first-order valence-electron chi connectivity index (χ1n) is 8.60. The largest absolute Gasteiger partial charge is 0.497 e. The third kappa shape index (κ3) is 4.19. The average molecular weight is 359 g/mol. The summed E-state index contributed by atoms with van der Waals surface area (Å²) in [6.45, 7) is 0. The van der Waals surface area contributed by atoms with Gasteiger partial charge in [0.2, 0.25) is 11.8 Å². The van der Waals surface area contributed by atoms with Gasteiger partial charge in [-0.2, -0.15) is 4.98 Å². The van der Waals surface area contributed by atoms with Gasteiger partial charge in [-0.25, -0.2) is 4.79 Å². The molecule has 1 saturated carbocycles. The second-order valence-corrected chi connectivity index (χ2v) is 6.29. The number of aromatic carboxylic acids is 1. The predicted molar refractivity (Wildman–Crippen MR) is 92.4 cm³/mol. The first kappa shape index (κ1) is 17.9. The van der Waals surface area contributed by atoms with Gasteiger partial charge in [0.25, 0.3) is 0 Å². The van der Waals surface area contributed by atoms with E-state index < -0.39 is 5.97 Å². The van der Waals surface area contributed by atoms with Crippen LogP contribution in [0.2, 0.25) is 0 Å². The lowest BCUT2D eigenvalue weighted by Crippen LogP contribution is -2.15. The van der Waals surface area contributed by atoms with Crippen molar-refractivity contribution in [2.45, 2.75) is 44.4 Å². The van der Waals surface area contributed by atoms with Gasteiger partial charge in [0.1, 0.15) is 5.75 Å². The van der Waals surface area contributed by atoms with E-state index in [9.17, 15) is 14.7 Å². The molecule has 138 valence electrons. The summed E-state index contributed by atoms with van der Waals surface area (Å²) < 4.78 is 10.2. The fourth-order valence-electron chi connectivity index (χ4n) is 3.09. The van der Waals surface area contributed by atoms with E-state index in [1.807, 2.05) is 0 Å². The number of carbonyl (C=O) groups is 2. The van der Waals surface area contributed by atoms with Crippen LogP contribution in [0, 0.1) is 0 Å². The molecule has 2 aromatic rings. The Balaban J connectivity index is 1.58. The number of amides is 1. The molecule has 1 amide bonds. The van der Waals surface area contributed by atoms with Gasteiger partial charge in [-0.1, -0.05) is 18.0 Å². The summed E-state index contributed by atoms with van der Waals surface area (Å²) in [4.78, 5) is 27.9. The minimum atomic E-state index is -1.14. The molecule has 1 aliphatic rings. The van der Waals surface area contributed by atoms with Crippen LogP contribution in [0.4, 0.5) is 5.69 Å². The van der Waals surface area contributed by atoms with Gasteiger partial charge in [0.15, 0.2) is 5.82 Å². The molecule has 2 N–H and O–H groups in total. The Morgan fingerprint density at radius 3 is 2.81 bits per heavy atom. The molecule has 0 saturated heterocycles. The monoisotopic (exact) mass is 359 g/mol. The number of nitrogens with one attached hydrogen (secondary N) is 1. The average Bonchev–Trinajstić information content (AvgIpc) is 3.31. The molecule has 1 heterocycles. The number of aryl methyl sites for hydroxylation is 1. The number of anilines is 1. The Morgan fingerprint density at radius 2 is 2.12 bits per heavy atom. The van der Waals surface area contributed by atoms with Crippen molar-refractivity contribution in [2.24, 2.45) is 0 Å². The SMILES string of the molecule is COc1ccc(NC(=O)CCc2nc(C3CCCC3)no2)c(C(=O)O)c1. The lowest BCUT2D eigenvalue weighted by atomic mass is 10.1. The fraction of sp³-hybridized carbons (Fsp3) is 0.444. The summed E-state index contributed by atoms with van der Waals surface area (Å²) in [5, 5.41) is 15.9. The Morgan fingerprint density at radius 1 is 1.35 bits per heavy atom. The maximum absolute atomic E-state index is 12.2. The minimum Gasteiger partial charge on any atom is -0.497 e. The molecule has 0 spiro atoms. The van der Waals surface area contributed by atoms with Crippen molar-refractivity contribution in [2.75, 3.05) is 12.4 Å². The number of aromatic nitrogens is 2. The number of ether oxygens (including phenoxy) is 1. The zero-order chi connectivity index (χ0) is 18.5. The van der Waals surface area contributed by atoms with Gasteiger partial charge in [-0.3, -0.25) is 4.79 Å². The molecule has 8 nitrogen and oxygen atoms in total. The second kappa shape index (κ2) is 7.99. The van der Waals surface area contributed by atoms with Crippen LogP contribution < -0.4 is 10.1 Å². The quantitative estimate of drug-likeness (QED) is 0.781. The lowest BCUT2D eigenvalue weighted by molar-refractivity contribution is -0.116. The molecule has 1 aromatic heterocycles. The number of carbonyl (C=O) groups excluding carboxylic acids is 1. The van der Waals surface area contributed by atoms with Crippen molar-refractivity contribution in [3.05, 3.63) is 35.5 Å². The molecular weight excluding hydrogens is 338 g/mol. The van der Waals surface area contributed by atoms with Crippen LogP contribution in [0.3, 0.4) is 0 Å². The minimum absolute atomic E-state index is 0.0287. The van der Waals surface area contributed by atoms with Gasteiger partial charge in [0.05, 0.1) is 18.4 Å². The molecule has 0 atom stereocenters. The second-order valence-electron chi connectivity index (χ2n) is 6.29. The molecular formula is C18H21N3O5. The molecule has 1 aliphatic carbocycles. The van der Waals surface area contributed by atoms with Gasteiger partial charge < -0.3 is 19.7 Å². The number of hydrogen-bond acceptors (Lipinski definition) is 6. The summed E-state index contributed by atoms with van der Waals surface area (Å²) in [7, 11) is 1.45. The summed E-state index contributed by atoms with van der Waals surface area (Å²) >= 11 is 0. The van der Waals surface area contributed by atoms with Crippen molar-refractivity contribution in [1.29, 1.82) is 0 Å². The van der Waals surface area contributed by atoms with E-state index in [0.29, 0.717) is 24.0 Å². The van der Waals surface area contributed by atoms with Crippen LogP contribution in [0.5, 0.6) is 5.75 Å². The fourth-order valence-corrected chi connectivity index (χ4v) is 3.09. The molecule has 1 fully saturated rings. The van der Waals surface area contributed by atoms with Crippen molar-refractivity contribution in [1.82, 2.24) is 10.1 Å². The predicted octanol–water partition coefficient (Wildman–Crippen LogP) is 3.01. The van der Waals surface area contributed by atoms with Gasteiger partial charge in [-0.05, 0) is 31.0 Å². The highest BCUT2D eigenvalue weighted by Gasteiger charge is 2.22. The highest BCUT2D eigenvalue weighted by molar-refractivity contribution is 6.00. The Bertz CT molecular complexity index is 796. The van der Waals surface area contributed by atoms with E-state index in [2.05, 4.69) is 15.5 Å². The van der Waals surface area contributed by atoms with Crippen LogP contribution in [0.1, 0.15) is 60.1 Å². The van der Waals surface area contributed by atoms with Crippen molar-refractivity contribution in [3.8, 4) is 5.75 Å². The van der Waals surface area contributed by atoms with E-state index in [4.69, 9.17) is 9.26 Å². The van der Waals surface area contributed by atoms with Gasteiger partial charge >= 0.3 is 5.97 Å². The van der Waals surface area contributed by atoms with E-state index in [1.54, 1.807) is 6.07 Å². The van der Waals surface area contributed by atoms with Crippen molar-refractivity contribution in [3.63, 3.8) is 0 Å². The van der Waals surface area contributed by atoms with Crippen LogP contribution in [-0.4, -0.2) is 34.2 Å². The summed E-state index contributed by atoms with van der Waals surface area (Å²) in [5.74, 6) is 0.455. The van der Waals surface area contributed by atoms with E-state index >= 15 is 0 Å². The summed E-state index contributed by atoms with van der Waals surface area (Å²) in [5.41, 5.74) is 0.194. The maximum Gasteiger partial charge on any atom is 0.337 e. The molecule has 0 radical (unpaired) electrons. The lowest BCUT2D eigenvalue weighted by Gasteiger charge is -2.09. The van der Waals surface area contributed by atoms with Crippen LogP contribution in [0.15, 0.2) is 22.7 Å².